The van der Waals surface area contributed by atoms with Crippen molar-refractivity contribution in [2.45, 2.75) is 13.0 Å². The van der Waals surface area contributed by atoms with E-state index in [0.717, 1.165) is 5.56 Å². The summed E-state index contributed by atoms with van der Waals surface area (Å²) in [6.07, 6.45) is 0.242. The van der Waals surface area contributed by atoms with Gasteiger partial charge in [-0.25, -0.2) is 4.39 Å². The third kappa shape index (κ3) is 8.30. The van der Waals surface area contributed by atoms with Crippen LogP contribution in [0.1, 0.15) is 10.4 Å². The lowest BCUT2D eigenvalue weighted by molar-refractivity contribution is -0.120. The van der Waals surface area contributed by atoms with Crippen LogP contribution in [-0.4, -0.2) is 32.0 Å². The molecule has 1 aromatic heterocycles. The highest BCUT2D eigenvalue weighted by atomic mass is 127. The number of nitrogens with one attached hydrogen (secondary N) is 3. The van der Waals surface area contributed by atoms with Gasteiger partial charge < -0.3 is 16.0 Å². The van der Waals surface area contributed by atoms with E-state index in [2.05, 4.69) is 27.0 Å². The van der Waals surface area contributed by atoms with E-state index in [0.29, 0.717) is 25.6 Å². The molecule has 2 aromatic rings. The molecular weight excluding hydrogens is 454 g/mol. The molecule has 1 amide bonds. The number of halogens is 2. The second kappa shape index (κ2) is 11.8. The lowest BCUT2D eigenvalue weighted by atomic mass is 10.1. The van der Waals surface area contributed by atoms with E-state index in [1.165, 1.54) is 17.0 Å². The summed E-state index contributed by atoms with van der Waals surface area (Å²) in [6.45, 7) is 1.77. The Bertz CT molecular complexity index is 662. The van der Waals surface area contributed by atoms with Gasteiger partial charge in [0, 0.05) is 25.0 Å². The second-order valence-corrected chi connectivity index (χ2v) is 6.12. The number of nitrogens with zero attached hydrogens (tertiary/aromatic N) is 1. The fourth-order valence-electron chi connectivity index (χ4n) is 2.04. The first-order chi connectivity index (χ1) is 11.7. The fraction of sp³-hybridized carbons (Fsp3) is 0.294. The molecule has 0 atom stereocenters. The largest absolute Gasteiger partial charge is 0.355 e. The van der Waals surface area contributed by atoms with Crippen LogP contribution in [0.4, 0.5) is 4.39 Å². The van der Waals surface area contributed by atoms with Crippen molar-refractivity contribution >= 4 is 47.2 Å². The molecule has 0 unspecified atom stereocenters. The quantitative estimate of drug-likeness (QED) is 0.249. The van der Waals surface area contributed by atoms with Crippen molar-refractivity contribution in [2.24, 2.45) is 4.99 Å². The molecular formula is C17H22FIN4OS. The first-order valence-electron chi connectivity index (χ1n) is 7.65. The predicted octanol–water partition coefficient (Wildman–Crippen LogP) is 2.53. The first-order valence-corrected chi connectivity index (χ1v) is 8.53. The summed E-state index contributed by atoms with van der Waals surface area (Å²) in [6, 6.07) is 10.0. The smallest absolute Gasteiger partial charge is 0.224 e. The van der Waals surface area contributed by atoms with Gasteiger partial charge in [-0.1, -0.05) is 18.2 Å². The van der Waals surface area contributed by atoms with Crippen molar-refractivity contribution in [1.29, 1.82) is 0 Å². The minimum absolute atomic E-state index is 0. The molecule has 5 nitrogen and oxygen atoms in total. The molecule has 0 aliphatic rings. The molecule has 2 rings (SSSR count). The van der Waals surface area contributed by atoms with Gasteiger partial charge in [0.1, 0.15) is 5.82 Å². The lowest BCUT2D eigenvalue weighted by Crippen LogP contribution is -2.41. The van der Waals surface area contributed by atoms with Gasteiger partial charge in [-0.3, -0.25) is 9.79 Å². The summed E-state index contributed by atoms with van der Waals surface area (Å²) in [5.41, 5.74) is 0.787. The second-order valence-electron chi connectivity index (χ2n) is 5.09. The molecule has 0 aliphatic carbocycles. The number of amides is 1. The van der Waals surface area contributed by atoms with Crippen LogP contribution in [0.15, 0.2) is 46.8 Å². The summed E-state index contributed by atoms with van der Waals surface area (Å²) in [5, 5.41) is 11.2. The van der Waals surface area contributed by atoms with Gasteiger partial charge in [0.2, 0.25) is 5.91 Å². The molecule has 0 radical (unpaired) electrons. The fourth-order valence-corrected chi connectivity index (χ4v) is 2.68. The third-order valence-corrected chi connectivity index (χ3v) is 4.13. The molecule has 0 spiro atoms. The van der Waals surface area contributed by atoms with E-state index in [9.17, 15) is 9.18 Å². The van der Waals surface area contributed by atoms with Crippen molar-refractivity contribution in [2.75, 3.05) is 20.1 Å². The summed E-state index contributed by atoms with van der Waals surface area (Å²) in [5.74, 6) is 0.297. The van der Waals surface area contributed by atoms with Gasteiger partial charge >= 0.3 is 0 Å². The highest BCUT2D eigenvalue weighted by Gasteiger charge is 2.03. The van der Waals surface area contributed by atoms with Crippen molar-refractivity contribution in [3.8, 4) is 0 Å². The number of guanidine groups is 1. The van der Waals surface area contributed by atoms with Crippen LogP contribution in [-0.2, 0) is 17.8 Å². The molecule has 1 aromatic carbocycles. The Labute approximate surface area is 168 Å². The number of carbonyl (C=O) groups is 1. The summed E-state index contributed by atoms with van der Waals surface area (Å²) < 4.78 is 12.8. The number of hydrogen-bond acceptors (Lipinski definition) is 3. The first kappa shape index (κ1) is 21.4. The maximum absolute atomic E-state index is 12.8. The van der Waals surface area contributed by atoms with E-state index >= 15 is 0 Å². The Hall–Kier alpha value is -1.68. The highest BCUT2D eigenvalue weighted by Crippen LogP contribution is 2.07. The Kier molecular flexibility index (Phi) is 10.1. The molecule has 3 N–H and O–H groups in total. The number of hydrogen-bond donors (Lipinski definition) is 3. The van der Waals surface area contributed by atoms with Gasteiger partial charge in [-0.05, 0) is 29.1 Å². The van der Waals surface area contributed by atoms with Crippen LogP contribution in [0.5, 0.6) is 0 Å². The summed E-state index contributed by atoms with van der Waals surface area (Å²) >= 11 is 1.68. The molecule has 8 heteroatoms. The molecule has 0 saturated heterocycles. The number of benzene rings is 1. The van der Waals surface area contributed by atoms with Crippen molar-refractivity contribution in [3.63, 3.8) is 0 Å². The highest BCUT2D eigenvalue weighted by molar-refractivity contribution is 14.0. The molecule has 1 heterocycles. The molecule has 25 heavy (non-hydrogen) atoms. The number of carbonyl (C=O) groups excluding carboxylic acids is 1. The Morgan fingerprint density at radius 1 is 1.12 bits per heavy atom. The van der Waals surface area contributed by atoms with Gasteiger partial charge in [-0.15, -0.1) is 35.3 Å². The van der Waals surface area contributed by atoms with Gasteiger partial charge in [0.15, 0.2) is 5.96 Å². The Morgan fingerprint density at radius 2 is 1.84 bits per heavy atom. The minimum Gasteiger partial charge on any atom is -0.355 e. The van der Waals surface area contributed by atoms with Crippen LogP contribution in [0.3, 0.4) is 0 Å². The van der Waals surface area contributed by atoms with Crippen LogP contribution in [0.25, 0.3) is 0 Å². The van der Waals surface area contributed by atoms with E-state index in [1.807, 2.05) is 11.4 Å². The zero-order chi connectivity index (χ0) is 17.2. The van der Waals surface area contributed by atoms with Crippen LogP contribution in [0.2, 0.25) is 0 Å². The maximum atomic E-state index is 12.8. The van der Waals surface area contributed by atoms with Crippen LogP contribution < -0.4 is 16.0 Å². The zero-order valence-corrected chi connectivity index (χ0v) is 17.1. The van der Waals surface area contributed by atoms with Crippen molar-refractivity contribution < 1.29 is 9.18 Å². The van der Waals surface area contributed by atoms with Crippen molar-refractivity contribution in [1.82, 2.24) is 16.0 Å². The SMILES string of the molecule is CN=C(NCCNC(=O)Cc1ccc(F)cc1)NCc1cccs1.I. The number of thiophene rings is 1. The van der Waals surface area contributed by atoms with Crippen LogP contribution >= 0.6 is 35.3 Å². The van der Waals surface area contributed by atoms with E-state index < -0.39 is 0 Å². The number of aliphatic imine (C=N–C) groups is 1. The summed E-state index contributed by atoms with van der Waals surface area (Å²) in [4.78, 5) is 17.2. The molecule has 0 bridgehead atoms. The maximum Gasteiger partial charge on any atom is 0.224 e. The standard InChI is InChI=1S/C17H21FN4OS.HI/c1-19-17(22-12-15-3-2-10-24-15)21-9-8-20-16(23)11-13-4-6-14(18)7-5-13;/h2-7,10H,8-9,11-12H2,1H3,(H,20,23)(H2,19,21,22);1H. The van der Waals surface area contributed by atoms with Gasteiger partial charge in [-0.2, -0.15) is 0 Å². The third-order valence-electron chi connectivity index (χ3n) is 3.25. The van der Waals surface area contributed by atoms with E-state index in [4.69, 9.17) is 0 Å². The monoisotopic (exact) mass is 476 g/mol. The molecule has 0 fully saturated rings. The van der Waals surface area contributed by atoms with Crippen LogP contribution in [0, 0.1) is 5.82 Å². The summed E-state index contributed by atoms with van der Waals surface area (Å²) in [7, 11) is 1.71. The average molecular weight is 476 g/mol. The minimum atomic E-state index is -0.301. The zero-order valence-electron chi connectivity index (χ0n) is 13.9. The molecule has 0 aliphatic heterocycles. The van der Waals surface area contributed by atoms with Gasteiger partial charge in [0.25, 0.3) is 0 Å². The normalized spacial score (nSPS) is 10.7. The Morgan fingerprint density at radius 3 is 2.48 bits per heavy atom. The van der Waals surface area contributed by atoms with E-state index in [1.54, 1.807) is 30.5 Å². The van der Waals surface area contributed by atoms with Crippen molar-refractivity contribution in [3.05, 3.63) is 58.0 Å². The lowest BCUT2D eigenvalue weighted by Gasteiger charge is -2.11. The van der Waals surface area contributed by atoms with E-state index in [-0.39, 0.29) is 42.1 Å². The molecule has 0 saturated carbocycles. The average Bonchev–Trinajstić information content (AvgIpc) is 3.10. The molecule has 136 valence electrons. The number of rotatable bonds is 7. The predicted molar refractivity (Wildman–Crippen MR) is 111 cm³/mol. The topological polar surface area (TPSA) is 65.5 Å². The Balaban J connectivity index is 0.00000312. The van der Waals surface area contributed by atoms with Gasteiger partial charge in [0.05, 0.1) is 13.0 Å².